The molecule has 2 N–H and O–H groups in total. The van der Waals surface area contributed by atoms with Gasteiger partial charge in [-0.2, -0.15) is 0 Å². The third-order valence-electron chi connectivity index (χ3n) is 5.59. The van der Waals surface area contributed by atoms with Crippen molar-refractivity contribution in [1.29, 1.82) is 0 Å². The number of benzene rings is 3. The van der Waals surface area contributed by atoms with Crippen molar-refractivity contribution in [3.05, 3.63) is 71.4 Å². The molecule has 38 heavy (non-hydrogen) atoms. The van der Waals surface area contributed by atoms with Crippen molar-refractivity contribution in [2.45, 2.75) is 0 Å². The quantitative estimate of drug-likeness (QED) is 0.184. The van der Waals surface area contributed by atoms with E-state index >= 15 is 0 Å². The maximum atomic E-state index is 12.6. The van der Waals surface area contributed by atoms with Crippen molar-refractivity contribution in [2.24, 2.45) is 0 Å². The van der Waals surface area contributed by atoms with Crippen molar-refractivity contribution in [1.82, 2.24) is 0 Å². The number of methoxy groups -OCH3 is 6. The summed E-state index contributed by atoms with van der Waals surface area (Å²) in [6.45, 7) is 0. The standard InChI is InChI=1S/C29H31NO8/c1-33-24-10-9-20(17-23(24)32)22(31)11-12-30-21-13-18(14-25(34-2)28(21)37-5)7-8-19-15-26(35-3)29(38-6)27(16-19)36-4/h7-17,30,32H,1-6H3/b8-7-,12-11-. The molecule has 0 spiro atoms. The molecule has 0 heterocycles. The smallest absolute Gasteiger partial charge is 0.203 e. The van der Waals surface area contributed by atoms with Crippen molar-refractivity contribution >= 4 is 23.6 Å². The van der Waals surface area contributed by atoms with Crippen molar-refractivity contribution in [3.8, 4) is 40.2 Å². The zero-order valence-electron chi connectivity index (χ0n) is 22.2. The summed E-state index contributed by atoms with van der Waals surface area (Å²) in [6.07, 6.45) is 6.63. The van der Waals surface area contributed by atoms with Gasteiger partial charge >= 0.3 is 0 Å². The Morgan fingerprint density at radius 1 is 0.684 bits per heavy atom. The van der Waals surface area contributed by atoms with Crippen LogP contribution in [0.2, 0.25) is 0 Å². The van der Waals surface area contributed by atoms with E-state index in [-0.39, 0.29) is 17.3 Å². The summed E-state index contributed by atoms with van der Waals surface area (Å²) >= 11 is 0. The van der Waals surface area contributed by atoms with Crippen LogP contribution in [0.3, 0.4) is 0 Å². The Bertz CT molecular complexity index is 1320. The summed E-state index contributed by atoms with van der Waals surface area (Å²) < 4.78 is 32.3. The highest BCUT2D eigenvalue weighted by Gasteiger charge is 2.14. The first-order valence-electron chi connectivity index (χ1n) is 11.5. The molecular formula is C29H31NO8. The van der Waals surface area contributed by atoms with Gasteiger partial charge in [0.05, 0.1) is 48.3 Å². The van der Waals surface area contributed by atoms with Gasteiger partial charge in [0.2, 0.25) is 5.75 Å². The first-order valence-corrected chi connectivity index (χ1v) is 11.5. The third-order valence-corrected chi connectivity index (χ3v) is 5.59. The Kier molecular flexibility index (Phi) is 9.48. The summed E-state index contributed by atoms with van der Waals surface area (Å²) in [4.78, 5) is 12.6. The van der Waals surface area contributed by atoms with E-state index in [1.807, 2.05) is 36.4 Å². The fraction of sp³-hybridized carbons (Fsp3) is 0.207. The summed E-state index contributed by atoms with van der Waals surface area (Å²) in [7, 11) is 9.19. The molecule has 0 aliphatic rings. The lowest BCUT2D eigenvalue weighted by atomic mass is 10.1. The number of carbonyl (C=O) groups excluding carboxylic acids is 1. The van der Waals surface area contributed by atoms with Gasteiger partial charge in [-0.1, -0.05) is 12.2 Å². The van der Waals surface area contributed by atoms with Crippen molar-refractivity contribution < 1.29 is 38.3 Å². The molecule has 3 aromatic rings. The Labute approximate surface area is 221 Å². The molecule has 0 saturated heterocycles. The lowest BCUT2D eigenvalue weighted by Crippen LogP contribution is -2.00. The molecule has 3 rings (SSSR count). The number of anilines is 1. The number of ether oxygens (including phenoxy) is 6. The molecule has 0 aliphatic heterocycles. The summed E-state index contributed by atoms with van der Waals surface area (Å²) in [5, 5.41) is 13.0. The van der Waals surface area contributed by atoms with E-state index in [1.54, 1.807) is 34.5 Å². The first-order chi connectivity index (χ1) is 18.4. The number of hydrogen-bond donors (Lipinski definition) is 2. The minimum atomic E-state index is -0.306. The number of hydrogen-bond acceptors (Lipinski definition) is 9. The van der Waals surface area contributed by atoms with Crippen LogP contribution in [0.15, 0.2) is 54.7 Å². The predicted octanol–water partition coefficient (Wildman–Crippen LogP) is 5.42. The van der Waals surface area contributed by atoms with Gasteiger partial charge in [-0.05, 0) is 53.6 Å². The maximum Gasteiger partial charge on any atom is 0.203 e. The number of nitrogens with one attached hydrogen (secondary N) is 1. The van der Waals surface area contributed by atoms with Gasteiger partial charge in [0.1, 0.15) is 0 Å². The minimum absolute atomic E-state index is 0.113. The van der Waals surface area contributed by atoms with E-state index in [9.17, 15) is 9.90 Å². The molecule has 9 nitrogen and oxygen atoms in total. The normalized spacial score (nSPS) is 10.9. The third kappa shape index (κ3) is 6.31. The van der Waals surface area contributed by atoms with Crippen LogP contribution in [0.1, 0.15) is 21.5 Å². The average Bonchev–Trinajstić information content (AvgIpc) is 2.94. The van der Waals surface area contributed by atoms with Crippen LogP contribution in [0.5, 0.6) is 40.2 Å². The van der Waals surface area contributed by atoms with E-state index < -0.39 is 0 Å². The van der Waals surface area contributed by atoms with E-state index in [2.05, 4.69) is 5.32 Å². The number of phenols is 1. The second kappa shape index (κ2) is 13.0. The van der Waals surface area contributed by atoms with Crippen LogP contribution in [0.4, 0.5) is 5.69 Å². The topological polar surface area (TPSA) is 105 Å². The molecule has 0 bridgehead atoms. The largest absolute Gasteiger partial charge is 0.504 e. The molecule has 0 saturated carbocycles. The average molecular weight is 522 g/mol. The van der Waals surface area contributed by atoms with E-state index in [1.165, 1.54) is 38.6 Å². The summed E-state index contributed by atoms with van der Waals surface area (Å²) in [5.41, 5.74) is 2.53. The van der Waals surface area contributed by atoms with Gasteiger partial charge in [-0.15, -0.1) is 0 Å². The summed E-state index contributed by atoms with van der Waals surface area (Å²) in [5.74, 6) is 2.44. The van der Waals surface area contributed by atoms with Crippen LogP contribution < -0.4 is 33.7 Å². The highest BCUT2D eigenvalue weighted by molar-refractivity contribution is 6.05. The second-order valence-electron chi connectivity index (χ2n) is 7.82. The van der Waals surface area contributed by atoms with E-state index in [0.29, 0.717) is 40.0 Å². The van der Waals surface area contributed by atoms with Crippen LogP contribution in [-0.2, 0) is 0 Å². The van der Waals surface area contributed by atoms with Gasteiger partial charge in [-0.25, -0.2) is 0 Å². The van der Waals surface area contributed by atoms with Gasteiger partial charge in [0, 0.05) is 17.8 Å². The lowest BCUT2D eigenvalue weighted by molar-refractivity contribution is 0.104. The van der Waals surface area contributed by atoms with Gasteiger partial charge in [0.25, 0.3) is 0 Å². The van der Waals surface area contributed by atoms with Crippen molar-refractivity contribution in [3.63, 3.8) is 0 Å². The molecular weight excluding hydrogens is 490 g/mol. The molecule has 200 valence electrons. The minimum Gasteiger partial charge on any atom is -0.504 e. The van der Waals surface area contributed by atoms with Crippen molar-refractivity contribution in [2.75, 3.05) is 48.0 Å². The lowest BCUT2D eigenvalue weighted by Gasteiger charge is -2.14. The highest BCUT2D eigenvalue weighted by Crippen LogP contribution is 2.40. The SMILES string of the molecule is COc1ccc(C(=O)/C=C\Nc2cc(/C=C\c3cc(OC)c(OC)c(OC)c3)cc(OC)c2OC)cc1O. The highest BCUT2D eigenvalue weighted by atomic mass is 16.5. The maximum absolute atomic E-state index is 12.6. The monoisotopic (exact) mass is 521 g/mol. The number of carbonyl (C=O) groups is 1. The zero-order chi connectivity index (χ0) is 27.7. The fourth-order valence-electron chi connectivity index (χ4n) is 3.73. The number of phenolic OH excluding ortho intramolecular Hbond substituents is 1. The summed E-state index contributed by atoms with van der Waals surface area (Å²) in [6, 6.07) is 11.8. The van der Waals surface area contributed by atoms with Crippen LogP contribution in [0, 0.1) is 0 Å². The zero-order valence-corrected chi connectivity index (χ0v) is 22.2. The number of aromatic hydroxyl groups is 1. The van der Waals surface area contributed by atoms with Crippen LogP contribution in [0.25, 0.3) is 12.2 Å². The molecule has 0 radical (unpaired) electrons. The number of allylic oxidation sites excluding steroid dienone is 1. The fourth-order valence-corrected chi connectivity index (χ4v) is 3.73. The Balaban J connectivity index is 1.88. The molecule has 0 fully saturated rings. The second-order valence-corrected chi connectivity index (χ2v) is 7.82. The molecule has 0 aromatic heterocycles. The first kappa shape index (κ1) is 27.8. The molecule has 3 aromatic carbocycles. The van der Waals surface area contributed by atoms with Gasteiger partial charge in [-0.3, -0.25) is 4.79 Å². The molecule has 9 heteroatoms. The number of ketones is 1. The predicted molar refractivity (Wildman–Crippen MR) is 146 cm³/mol. The Hall–Kier alpha value is -4.79. The Morgan fingerprint density at radius 2 is 1.21 bits per heavy atom. The number of rotatable bonds is 12. The van der Waals surface area contributed by atoms with Crippen LogP contribution >= 0.6 is 0 Å². The van der Waals surface area contributed by atoms with Crippen LogP contribution in [-0.4, -0.2) is 53.5 Å². The van der Waals surface area contributed by atoms with Gasteiger partial charge < -0.3 is 38.8 Å². The molecule has 0 unspecified atom stereocenters. The molecule has 0 amide bonds. The molecule has 0 aliphatic carbocycles. The van der Waals surface area contributed by atoms with Gasteiger partial charge in [0.15, 0.2) is 40.3 Å². The van der Waals surface area contributed by atoms with E-state index in [4.69, 9.17) is 28.4 Å². The van der Waals surface area contributed by atoms with E-state index in [0.717, 1.165) is 11.1 Å². The molecule has 0 atom stereocenters. The Morgan fingerprint density at radius 3 is 1.71 bits per heavy atom.